The Balaban J connectivity index is 2.57. The van der Waals surface area contributed by atoms with E-state index in [0.29, 0.717) is 6.54 Å². The summed E-state index contributed by atoms with van der Waals surface area (Å²) in [6, 6.07) is 2.11. The summed E-state index contributed by atoms with van der Waals surface area (Å²) in [6.45, 7) is 10.6. The highest BCUT2D eigenvalue weighted by Gasteiger charge is 2.10. The van der Waals surface area contributed by atoms with Gasteiger partial charge in [0.1, 0.15) is 11.5 Å². The first kappa shape index (κ1) is 14.8. The van der Waals surface area contributed by atoms with Gasteiger partial charge in [-0.3, -0.25) is 4.90 Å². The fourth-order valence-corrected chi connectivity index (χ4v) is 1.85. The zero-order chi connectivity index (χ0) is 13.4. The van der Waals surface area contributed by atoms with E-state index >= 15 is 0 Å². The topological polar surface area (TPSA) is 28.4 Å². The Morgan fingerprint density at radius 1 is 1.44 bits per heavy atom. The molecular formula is C15H24N2O. The molecule has 0 bridgehead atoms. The van der Waals surface area contributed by atoms with Crippen molar-refractivity contribution in [3.63, 3.8) is 0 Å². The van der Waals surface area contributed by atoms with Crippen molar-refractivity contribution in [1.29, 1.82) is 0 Å². The van der Waals surface area contributed by atoms with E-state index in [1.165, 1.54) is 5.56 Å². The second-order valence-electron chi connectivity index (χ2n) is 4.50. The smallest absolute Gasteiger partial charge is 0.120 e. The lowest BCUT2D eigenvalue weighted by Crippen LogP contribution is -2.22. The van der Waals surface area contributed by atoms with Crippen LogP contribution in [-0.2, 0) is 13.1 Å². The van der Waals surface area contributed by atoms with Crippen molar-refractivity contribution in [3.8, 4) is 12.3 Å². The van der Waals surface area contributed by atoms with Gasteiger partial charge in [0, 0.05) is 0 Å². The maximum absolute atomic E-state index is 5.87. The van der Waals surface area contributed by atoms with Crippen LogP contribution in [0.1, 0.15) is 37.4 Å². The number of hydrogen-bond donors (Lipinski definition) is 1. The van der Waals surface area contributed by atoms with Crippen LogP contribution < -0.4 is 5.32 Å². The Hall–Kier alpha value is -1.24. The Morgan fingerprint density at radius 2 is 2.22 bits per heavy atom. The standard InChI is InChI=1S/C15H24N2O/c1-5-8-16-11-15-13(4)10-14(18-15)12-17(7-3)9-6-2/h2,10,16H,5,7-9,11-12H2,1,3-4H3. The van der Waals surface area contributed by atoms with Crippen molar-refractivity contribution >= 4 is 0 Å². The molecule has 0 unspecified atom stereocenters. The molecule has 100 valence electrons. The monoisotopic (exact) mass is 248 g/mol. The molecular weight excluding hydrogens is 224 g/mol. The van der Waals surface area contributed by atoms with Gasteiger partial charge in [-0.25, -0.2) is 0 Å². The van der Waals surface area contributed by atoms with Gasteiger partial charge in [0.25, 0.3) is 0 Å². The maximum Gasteiger partial charge on any atom is 0.120 e. The summed E-state index contributed by atoms with van der Waals surface area (Å²) >= 11 is 0. The molecule has 1 N–H and O–H groups in total. The lowest BCUT2D eigenvalue weighted by atomic mass is 10.2. The Morgan fingerprint density at radius 3 is 2.83 bits per heavy atom. The molecule has 0 aromatic carbocycles. The van der Waals surface area contributed by atoms with Crippen LogP contribution in [0, 0.1) is 19.3 Å². The zero-order valence-electron chi connectivity index (χ0n) is 11.8. The van der Waals surface area contributed by atoms with Crippen molar-refractivity contribution in [2.75, 3.05) is 19.6 Å². The molecule has 0 aliphatic rings. The molecule has 0 fully saturated rings. The summed E-state index contributed by atoms with van der Waals surface area (Å²) in [7, 11) is 0. The van der Waals surface area contributed by atoms with Crippen LogP contribution in [0.3, 0.4) is 0 Å². The van der Waals surface area contributed by atoms with Crippen LogP contribution >= 0.6 is 0 Å². The Kier molecular flexibility index (Phi) is 6.56. The summed E-state index contributed by atoms with van der Waals surface area (Å²) in [6.07, 6.45) is 6.48. The number of hydrogen-bond acceptors (Lipinski definition) is 3. The summed E-state index contributed by atoms with van der Waals surface area (Å²) in [5.41, 5.74) is 1.21. The van der Waals surface area contributed by atoms with Gasteiger partial charge in [-0.2, -0.15) is 0 Å². The van der Waals surface area contributed by atoms with Gasteiger partial charge in [0.15, 0.2) is 0 Å². The minimum Gasteiger partial charge on any atom is -0.463 e. The van der Waals surface area contributed by atoms with Gasteiger partial charge < -0.3 is 9.73 Å². The van der Waals surface area contributed by atoms with Crippen LogP contribution in [0.15, 0.2) is 10.5 Å². The van der Waals surface area contributed by atoms with Crippen LogP contribution in [0.25, 0.3) is 0 Å². The second kappa shape index (κ2) is 7.97. The number of nitrogens with zero attached hydrogens (tertiary/aromatic N) is 1. The highest BCUT2D eigenvalue weighted by molar-refractivity contribution is 5.20. The van der Waals surface area contributed by atoms with E-state index in [2.05, 4.69) is 43.0 Å². The molecule has 1 rings (SSSR count). The summed E-state index contributed by atoms with van der Waals surface area (Å²) < 4.78 is 5.87. The van der Waals surface area contributed by atoms with Gasteiger partial charge in [-0.1, -0.05) is 19.8 Å². The van der Waals surface area contributed by atoms with Crippen molar-refractivity contribution in [1.82, 2.24) is 10.2 Å². The second-order valence-corrected chi connectivity index (χ2v) is 4.50. The fourth-order valence-electron chi connectivity index (χ4n) is 1.85. The van der Waals surface area contributed by atoms with Gasteiger partial charge in [0.2, 0.25) is 0 Å². The van der Waals surface area contributed by atoms with E-state index in [-0.39, 0.29) is 0 Å². The molecule has 0 radical (unpaired) electrons. The Labute approximate surface area is 111 Å². The normalized spacial score (nSPS) is 10.8. The van der Waals surface area contributed by atoms with Crippen LogP contribution in [-0.4, -0.2) is 24.5 Å². The van der Waals surface area contributed by atoms with Crippen molar-refractivity contribution < 1.29 is 4.42 Å². The minimum atomic E-state index is 0.666. The third kappa shape index (κ3) is 4.56. The van der Waals surface area contributed by atoms with Gasteiger partial charge in [0.05, 0.1) is 19.6 Å². The molecule has 0 amide bonds. The average Bonchev–Trinajstić information content (AvgIpc) is 2.70. The number of rotatable bonds is 8. The maximum atomic E-state index is 5.87. The van der Waals surface area contributed by atoms with E-state index in [9.17, 15) is 0 Å². The molecule has 3 nitrogen and oxygen atoms in total. The first-order valence-electron chi connectivity index (χ1n) is 6.65. The van der Waals surface area contributed by atoms with Gasteiger partial charge in [-0.15, -0.1) is 6.42 Å². The molecule has 3 heteroatoms. The lowest BCUT2D eigenvalue weighted by molar-refractivity contribution is 0.280. The van der Waals surface area contributed by atoms with E-state index in [4.69, 9.17) is 10.8 Å². The fraction of sp³-hybridized carbons (Fsp3) is 0.600. The van der Waals surface area contributed by atoms with E-state index < -0.39 is 0 Å². The van der Waals surface area contributed by atoms with Gasteiger partial charge in [-0.05, 0) is 38.1 Å². The molecule has 18 heavy (non-hydrogen) atoms. The quantitative estimate of drug-likeness (QED) is 0.566. The van der Waals surface area contributed by atoms with E-state index in [0.717, 1.165) is 44.1 Å². The highest BCUT2D eigenvalue weighted by Crippen LogP contribution is 2.16. The molecule has 0 spiro atoms. The number of aryl methyl sites for hydroxylation is 1. The number of furan rings is 1. The van der Waals surface area contributed by atoms with Crippen molar-refractivity contribution in [2.24, 2.45) is 0 Å². The van der Waals surface area contributed by atoms with Gasteiger partial charge >= 0.3 is 0 Å². The molecule has 1 aromatic heterocycles. The SMILES string of the molecule is C#CCN(CC)Cc1cc(C)c(CNCCC)o1. The Bertz CT molecular complexity index is 390. The average molecular weight is 248 g/mol. The van der Waals surface area contributed by atoms with Crippen molar-refractivity contribution in [3.05, 3.63) is 23.2 Å². The zero-order valence-corrected chi connectivity index (χ0v) is 11.8. The molecule has 1 aromatic rings. The summed E-state index contributed by atoms with van der Waals surface area (Å²) in [5, 5.41) is 3.36. The van der Waals surface area contributed by atoms with Crippen LogP contribution in [0.2, 0.25) is 0 Å². The van der Waals surface area contributed by atoms with Crippen LogP contribution in [0.5, 0.6) is 0 Å². The molecule has 0 saturated heterocycles. The molecule has 0 aliphatic heterocycles. The number of terminal acetylenes is 1. The summed E-state index contributed by atoms with van der Waals surface area (Å²) in [4.78, 5) is 2.18. The molecule has 0 saturated carbocycles. The predicted molar refractivity (Wildman–Crippen MR) is 75.2 cm³/mol. The molecule has 0 atom stereocenters. The third-order valence-electron chi connectivity index (χ3n) is 2.93. The first-order valence-corrected chi connectivity index (χ1v) is 6.65. The van der Waals surface area contributed by atoms with E-state index in [1.807, 2.05) is 0 Å². The predicted octanol–water partition coefficient (Wildman–Crippen LogP) is 2.54. The summed E-state index contributed by atoms with van der Waals surface area (Å²) in [5.74, 6) is 4.71. The van der Waals surface area contributed by atoms with Crippen LogP contribution in [0.4, 0.5) is 0 Å². The highest BCUT2D eigenvalue weighted by atomic mass is 16.3. The van der Waals surface area contributed by atoms with E-state index in [1.54, 1.807) is 0 Å². The first-order chi connectivity index (χ1) is 8.71. The number of nitrogens with one attached hydrogen (secondary N) is 1. The molecule has 1 heterocycles. The van der Waals surface area contributed by atoms with Crippen molar-refractivity contribution in [2.45, 2.75) is 40.3 Å². The minimum absolute atomic E-state index is 0.666. The third-order valence-corrected chi connectivity index (χ3v) is 2.93. The lowest BCUT2D eigenvalue weighted by Gasteiger charge is -2.15. The largest absolute Gasteiger partial charge is 0.463 e. The molecule has 0 aliphatic carbocycles.